The maximum absolute atomic E-state index is 3.86. The Morgan fingerprint density at radius 3 is 3.00 bits per heavy atom. The molecule has 1 radical (unpaired) electrons. The van der Waals surface area contributed by atoms with Crippen LogP contribution < -0.4 is 0 Å². The third kappa shape index (κ3) is 4.94. The lowest BCUT2D eigenvalue weighted by Gasteiger charge is -1.99. The fraction of sp³-hybridized carbons (Fsp3) is 0.545. The molecule has 1 aromatic heterocycles. The Hall–Kier alpha value is -0.500. The van der Waals surface area contributed by atoms with Gasteiger partial charge in [0, 0.05) is 11.1 Å². The molecule has 13 heavy (non-hydrogen) atoms. The van der Waals surface area contributed by atoms with Crippen LogP contribution in [-0.2, 0) is 0 Å². The normalized spacial score (nSPS) is 10.2. The van der Waals surface area contributed by atoms with Gasteiger partial charge >= 0.3 is 0 Å². The molecule has 0 bridgehead atoms. The molecule has 0 aliphatic rings. The van der Waals surface area contributed by atoms with Crippen LogP contribution in [0.1, 0.15) is 32.6 Å². The zero-order valence-electron chi connectivity index (χ0n) is 8.12. The molecule has 1 nitrogen and oxygen atoms in total. The molecular formula is C11H16NS. The summed E-state index contributed by atoms with van der Waals surface area (Å²) < 4.78 is 0. The number of hydrogen-bond donors (Lipinski definition) is 0. The van der Waals surface area contributed by atoms with Crippen molar-refractivity contribution >= 4 is 11.8 Å². The van der Waals surface area contributed by atoms with E-state index in [1.807, 2.05) is 23.9 Å². The molecule has 0 aliphatic heterocycles. The Bertz CT molecular complexity index is 211. The first kappa shape index (κ1) is 10.6. The molecule has 0 amide bonds. The molecule has 0 atom stereocenters. The molecule has 71 valence electrons. The minimum atomic E-state index is 1.22. The van der Waals surface area contributed by atoms with Gasteiger partial charge in [-0.15, -0.1) is 11.8 Å². The average Bonchev–Trinajstić information content (AvgIpc) is 2.19. The van der Waals surface area contributed by atoms with Gasteiger partial charge in [-0.2, -0.15) is 0 Å². The summed E-state index contributed by atoms with van der Waals surface area (Å²) >= 11 is 1.90. The van der Waals surface area contributed by atoms with Crippen LogP contribution >= 0.6 is 11.8 Å². The molecule has 0 aliphatic carbocycles. The van der Waals surface area contributed by atoms with E-state index in [4.69, 9.17) is 0 Å². The smallest absolute Gasteiger partial charge is 0.0897 e. The van der Waals surface area contributed by atoms with E-state index >= 15 is 0 Å². The summed E-state index contributed by atoms with van der Waals surface area (Å²) in [4.78, 5) is 5.15. The molecule has 0 N–H and O–H groups in total. The van der Waals surface area contributed by atoms with Crippen molar-refractivity contribution in [1.29, 1.82) is 0 Å². The van der Waals surface area contributed by atoms with Crippen LogP contribution in [0.5, 0.6) is 0 Å². The van der Waals surface area contributed by atoms with Crippen LogP contribution in [0, 0.1) is 6.20 Å². The van der Waals surface area contributed by atoms with Crippen molar-refractivity contribution in [1.82, 2.24) is 4.98 Å². The highest BCUT2D eigenvalue weighted by atomic mass is 32.2. The van der Waals surface area contributed by atoms with E-state index in [-0.39, 0.29) is 0 Å². The van der Waals surface area contributed by atoms with Gasteiger partial charge in [-0.25, -0.2) is 0 Å². The number of thioether (sulfide) groups is 1. The van der Waals surface area contributed by atoms with E-state index in [1.165, 1.54) is 36.3 Å². The molecular weight excluding hydrogens is 178 g/mol. The van der Waals surface area contributed by atoms with E-state index in [1.54, 1.807) is 6.20 Å². The summed E-state index contributed by atoms with van der Waals surface area (Å²) in [5, 5.41) is 0. The minimum Gasteiger partial charge on any atom is -0.255 e. The van der Waals surface area contributed by atoms with E-state index in [0.29, 0.717) is 0 Å². The lowest BCUT2D eigenvalue weighted by Crippen LogP contribution is -1.81. The first-order valence-corrected chi connectivity index (χ1v) is 5.87. The van der Waals surface area contributed by atoms with E-state index in [0.717, 1.165) is 0 Å². The first-order valence-electron chi connectivity index (χ1n) is 4.88. The first-order chi connectivity index (χ1) is 6.43. The maximum Gasteiger partial charge on any atom is 0.0897 e. The zero-order valence-corrected chi connectivity index (χ0v) is 8.94. The number of hydrogen-bond acceptors (Lipinski definition) is 2. The summed E-state index contributed by atoms with van der Waals surface area (Å²) in [5.74, 6) is 1.22. The Morgan fingerprint density at radius 2 is 2.31 bits per heavy atom. The largest absolute Gasteiger partial charge is 0.255 e. The number of rotatable bonds is 6. The SMILES string of the molecule is CCCCCCSc1c[c]ncc1. The van der Waals surface area contributed by atoms with E-state index < -0.39 is 0 Å². The van der Waals surface area contributed by atoms with Crippen molar-refractivity contribution < 1.29 is 0 Å². The average molecular weight is 194 g/mol. The zero-order chi connectivity index (χ0) is 9.36. The van der Waals surface area contributed by atoms with E-state index in [9.17, 15) is 0 Å². The van der Waals surface area contributed by atoms with Crippen LogP contribution in [0.15, 0.2) is 23.2 Å². The van der Waals surface area contributed by atoms with Gasteiger partial charge in [0.15, 0.2) is 0 Å². The molecule has 0 aromatic carbocycles. The fourth-order valence-corrected chi connectivity index (χ4v) is 1.99. The van der Waals surface area contributed by atoms with Crippen molar-refractivity contribution in [3.63, 3.8) is 0 Å². The monoisotopic (exact) mass is 194 g/mol. The standard InChI is InChI=1S/C11H16NS/c1-2-3-4-5-10-13-11-6-8-12-9-7-11/h6-8H,2-5,10H2,1H3. The van der Waals surface area contributed by atoms with Crippen molar-refractivity contribution in [3.8, 4) is 0 Å². The highest BCUT2D eigenvalue weighted by molar-refractivity contribution is 7.99. The van der Waals surface area contributed by atoms with Gasteiger partial charge in [-0.1, -0.05) is 26.2 Å². The van der Waals surface area contributed by atoms with Crippen LogP contribution in [0.25, 0.3) is 0 Å². The van der Waals surface area contributed by atoms with Crippen molar-refractivity contribution in [2.24, 2.45) is 0 Å². The Labute approximate surface area is 85.0 Å². The molecule has 0 spiro atoms. The highest BCUT2D eigenvalue weighted by Gasteiger charge is 1.92. The Kier molecular flexibility index (Phi) is 5.66. The Morgan fingerprint density at radius 1 is 1.38 bits per heavy atom. The molecule has 0 saturated carbocycles. The second kappa shape index (κ2) is 6.96. The lowest BCUT2D eigenvalue weighted by molar-refractivity contribution is 0.706. The molecule has 2 heteroatoms. The van der Waals surface area contributed by atoms with Crippen LogP contribution in [-0.4, -0.2) is 10.7 Å². The van der Waals surface area contributed by atoms with Crippen LogP contribution in [0.4, 0.5) is 0 Å². The van der Waals surface area contributed by atoms with Gasteiger partial charge in [-0.3, -0.25) is 4.98 Å². The van der Waals surface area contributed by atoms with Crippen molar-refractivity contribution in [2.45, 2.75) is 37.5 Å². The summed E-state index contributed by atoms with van der Waals surface area (Å²) in [5.41, 5.74) is 0. The Balaban J connectivity index is 2.07. The molecule has 0 fully saturated rings. The quantitative estimate of drug-likeness (QED) is 0.507. The molecule has 1 heterocycles. The third-order valence-corrected chi connectivity index (χ3v) is 2.94. The maximum atomic E-state index is 3.86. The number of pyridine rings is 1. The molecule has 0 saturated heterocycles. The third-order valence-electron chi connectivity index (χ3n) is 1.86. The predicted octanol–water partition coefficient (Wildman–Crippen LogP) is 3.55. The topological polar surface area (TPSA) is 12.9 Å². The van der Waals surface area contributed by atoms with Gasteiger partial charge in [0.1, 0.15) is 0 Å². The molecule has 1 rings (SSSR count). The summed E-state index contributed by atoms with van der Waals surface area (Å²) in [6.07, 6.45) is 10.00. The summed E-state index contributed by atoms with van der Waals surface area (Å²) in [6.45, 7) is 2.24. The van der Waals surface area contributed by atoms with Gasteiger partial charge in [-0.05, 0) is 24.3 Å². The van der Waals surface area contributed by atoms with Crippen molar-refractivity contribution in [2.75, 3.05) is 5.75 Å². The fourth-order valence-electron chi connectivity index (χ4n) is 1.11. The number of nitrogens with zero attached hydrogens (tertiary/aromatic N) is 1. The van der Waals surface area contributed by atoms with Gasteiger partial charge in [0.2, 0.25) is 0 Å². The van der Waals surface area contributed by atoms with E-state index in [2.05, 4.69) is 18.1 Å². The summed E-state index contributed by atoms with van der Waals surface area (Å²) in [6, 6.07) is 3.99. The van der Waals surface area contributed by atoms with Crippen LogP contribution in [0.2, 0.25) is 0 Å². The highest BCUT2D eigenvalue weighted by Crippen LogP contribution is 2.18. The molecule has 1 aromatic rings. The lowest BCUT2D eigenvalue weighted by atomic mass is 10.2. The number of unbranched alkanes of at least 4 members (excludes halogenated alkanes) is 3. The van der Waals surface area contributed by atoms with Gasteiger partial charge in [0.25, 0.3) is 0 Å². The second-order valence-corrected chi connectivity index (χ2v) is 4.20. The van der Waals surface area contributed by atoms with Gasteiger partial charge in [0.05, 0.1) is 6.20 Å². The molecule has 0 unspecified atom stereocenters. The second-order valence-electron chi connectivity index (χ2n) is 3.03. The minimum absolute atomic E-state index is 1.22. The van der Waals surface area contributed by atoms with Crippen LogP contribution in [0.3, 0.4) is 0 Å². The summed E-state index contributed by atoms with van der Waals surface area (Å²) in [7, 11) is 0. The van der Waals surface area contributed by atoms with Gasteiger partial charge < -0.3 is 0 Å². The predicted molar refractivity (Wildman–Crippen MR) is 57.9 cm³/mol. The number of aromatic nitrogens is 1. The van der Waals surface area contributed by atoms with Crippen molar-refractivity contribution in [3.05, 3.63) is 24.5 Å².